The molecule has 0 saturated heterocycles. The fourth-order valence-corrected chi connectivity index (χ4v) is 2.48. The van der Waals surface area contributed by atoms with Crippen LogP contribution in [0.3, 0.4) is 0 Å². The molecule has 0 atom stereocenters. The SMILES string of the molecule is N#Cc1cccn1-c1ccc(CBr)cc1Br. The number of hydrogen-bond donors (Lipinski definition) is 0. The van der Waals surface area contributed by atoms with E-state index in [-0.39, 0.29) is 0 Å². The van der Waals surface area contributed by atoms with Crippen molar-refractivity contribution in [2.45, 2.75) is 5.33 Å². The normalized spacial score (nSPS) is 10.1. The lowest BCUT2D eigenvalue weighted by Gasteiger charge is -2.08. The molecule has 16 heavy (non-hydrogen) atoms. The fraction of sp³-hybridized carbons (Fsp3) is 0.0833. The van der Waals surface area contributed by atoms with Crippen molar-refractivity contribution < 1.29 is 0 Å². The molecule has 2 aromatic rings. The summed E-state index contributed by atoms with van der Waals surface area (Å²) in [5, 5.41) is 9.79. The lowest BCUT2D eigenvalue weighted by Crippen LogP contribution is -1.96. The topological polar surface area (TPSA) is 28.7 Å². The molecular weight excluding hydrogens is 332 g/mol. The van der Waals surface area contributed by atoms with E-state index < -0.39 is 0 Å². The number of hydrogen-bond acceptors (Lipinski definition) is 1. The molecule has 4 heteroatoms. The van der Waals surface area contributed by atoms with Crippen LogP contribution in [0.1, 0.15) is 11.3 Å². The number of aromatic nitrogens is 1. The maximum atomic E-state index is 8.97. The Kier molecular flexibility index (Phi) is 3.47. The van der Waals surface area contributed by atoms with Crippen molar-refractivity contribution in [3.63, 3.8) is 0 Å². The van der Waals surface area contributed by atoms with Gasteiger partial charge in [0.15, 0.2) is 0 Å². The number of benzene rings is 1. The average Bonchev–Trinajstić information content (AvgIpc) is 2.76. The molecule has 0 saturated carbocycles. The first-order chi connectivity index (χ1) is 7.76. The predicted molar refractivity (Wildman–Crippen MR) is 70.8 cm³/mol. The first kappa shape index (κ1) is 11.4. The van der Waals surface area contributed by atoms with Gasteiger partial charge in [-0.1, -0.05) is 22.0 Å². The Morgan fingerprint density at radius 1 is 1.31 bits per heavy atom. The number of halogens is 2. The standard InChI is InChI=1S/C12H8Br2N2/c13-7-9-3-4-12(11(14)6-9)16-5-1-2-10(16)8-15/h1-6H,7H2. The Morgan fingerprint density at radius 3 is 2.75 bits per heavy atom. The van der Waals surface area contributed by atoms with Crippen molar-refractivity contribution in [2.24, 2.45) is 0 Å². The molecule has 1 aromatic carbocycles. The minimum absolute atomic E-state index is 0.632. The third-order valence-corrected chi connectivity index (χ3v) is 3.57. The van der Waals surface area contributed by atoms with Crippen molar-refractivity contribution in [2.75, 3.05) is 0 Å². The van der Waals surface area contributed by atoms with Gasteiger partial charge in [0.2, 0.25) is 0 Å². The summed E-state index contributed by atoms with van der Waals surface area (Å²) in [7, 11) is 0. The maximum Gasteiger partial charge on any atom is 0.124 e. The van der Waals surface area contributed by atoms with Crippen LogP contribution in [0.4, 0.5) is 0 Å². The quantitative estimate of drug-likeness (QED) is 0.760. The first-order valence-corrected chi connectivity index (χ1v) is 6.60. The molecule has 0 spiro atoms. The summed E-state index contributed by atoms with van der Waals surface area (Å²) in [6.45, 7) is 0. The third kappa shape index (κ3) is 2.06. The molecule has 0 fully saturated rings. The molecule has 0 amide bonds. The van der Waals surface area contributed by atoms with E-state index in [1.165, 1.54) is 5.56 Å². The number of alkyl halides is 1. The van der Waals surface area contributed by atoms with Crippen LogP contribution in [-0.2, 0) is 5.33 Å². The van der Waals surface area contributed by atoms with Crippen LogP contribution < -0.4 is 0 Å². The molecule has 0 aliphatic carbocycles. The second kappa shape index (κ2) is 4.86. The highest BCUT2D eigenvalue weighted by molar-refractivity contribution is 9.10. The molecule has 1 heterocycles. The van der Waals surface area contributed by atoms with Crippen molar-refractivity contribution in [1.29, 1.82) is 5.26 Å². The summed E-state index contributed by atoms with van der Waals surface area (Å²) in [6.07, 6.45) is 1.88. The zero-order chi connectivity index (χ0) is 11.5. The van der Waals surface area contributed by atoms with Gasteiger partial charge < -0.3 is 4.57 Å². The van der Waals surface area contributed by atoms with E-state index in [0.29, 0.717) is 5.69 Å². The number of nitrogens with zero attached hydrogens (tertiary/aromatic N) is 2. The van der Waals surface area contributed by atoms with Gasteiger partial charge in [0.25, 0.3) is 0 Å². The largest absolute Gasteiger partial charge is 0.307 e. The Bertz CT molecular complexity index is 552. The van der Waals surface area contributed by atoms with Gasteiger partial charge in [-0.3, -0.25) is 0 Å². The molecule has 0 radical (unpaired) electrons. The Balaban J connectivity index is 2.53. The molecule has 80 valence electrons. The van der Waals surface area contributed by atoms with Crippen molar-refractivity contribution >= 4 is 31.9 Å². The first-order valence-electron chi connectivity index (χ1n) is 4.68. The van der Waals surface area contributed by atoms with E-state index >= 15 is 0 Å². The van der Waals surface area contributed by atoms with Crippen LogP contribution >= 0.6 is 31.9 Å². The van der Waals surface area contributed by atoms with E-state index in [0.717, 1.165) is 15.5 Å². The van der Waals surface area contributed by atoms with E-state index in [2.05, 4.69) is 37.9 Å². The summed E-state index contributed by atoms with van der Waals surface area (Å²) < 4.78 is 2.85. The molecular formula is C12H8Br2N2. The van der Waals surface area contributed by atoms with Gasteiger partial charge in [-0.15, -0.1) is 0 Å². The minimum atomic E-state index is 0.632. The molecule has 2 rings (SSSR count). The number of rotatable bonds is 2. The van der Waals surface area contributed by atoms with Gasteiger partial charge in [-0.25, -0.2) is 0 Å². The van der Waals surface area contributed by atoms with Crippen LogP contribution in [0.15, 0.2) is 41.0 Å². The van der Waals surface area contributed by atoms with Crippen molar-refractivity contribution in [1.82, 2.24) is 4.57 Å². The number of nitriles is 1. The maximum absolute atomic E-state index is 8.97. The summed E-state index contributed by atoms with van der Waals surface area (Å²) in [6, 6.07) is 11.9. The smallest absolute Gasteiger partial charge is 0.124 e. The predicted octanol–water partition coefficient (Wildman–Crippen LogP) is 4.01. The van der Waals surface area contributed by atoms with Gasteiger partial charge in [0.05, 0.1) is 5.69 Å². The molecule has 0 N–H and O–H groups in total. The molecule has 0 unspecified atom stereocenters. The van der Waals surface area contributed by atoms with Crippen LogP contribution in [0.5, 0.6) is 0 Å². The van der Waals surface area contributed by atoms with Gasteiger partial charge in [0.1, 0.15) is 11.8 Å². The monoisotopic (exact) mass is 338 g/mol. The second-order valence-electron chi connectivity index (χ2n) is 3.29. The van der Waals surface area contributed by atoms with E-state index in [9.17, 15) is 0 Å². The lowest BCUT2D eigenvalue weighted by molar-refractivity contribution is 1.04. The third-order valence-electron chi connectivity index (χ3n) is 2.29. The van der Waals surface area contributed by atoms with Crippen LogP contribution in [-0.4, -0.2) is 4.57 Å². The molecule has 0 aliphatic heterocycles. The van der Waals surface area contributed by atoms with Gasteiger partial charge in [-0.05, 0) is 45.8 Å². The molecule has 1 aromatic heterocycles. The van der Waals surface area contributed by atoms with E-state index in [1.54, 1.807) is 6.07 Å². The zero-order valence-corrected chi connectivity index (χ0v) is 11.5. The Hall–Kier alpha value is -1.05. The fourth-order valence-electron chi connectivity index (χ4n) is 1.51. The zero-order valence-electron chi connectivity index (χ0n) is 8.32. The van der Waals surface area contributed by atoms with Crippen molar-refractivity contribution in [3.8, 4) is 11.8 Å². The second-order valence-corrected chi connectivity index (χ2v) is 4.71. The summed E-state index contributed by atoms with van der Waals surface area (Å²) in [5.41, 5.74) is 2.81. The van der Waals surface area contributed by atoms with Crippen molar-refractivity contribution in [3.05, 3.63) is 52.3 Å². The lowest BCUT2D eigenvalue weighted by atomic mass is 10.2. The van der Waals surface area contributed by atoms with Crippen LogP contribution in [0, 0.1) is 11.3 Å². The van der Waals surface area contributed by atoms with Crippen LogP contribution in [0.25, 0.3) is 5.69 Å². The van der Waals surface area contributed by atoms with Gasteiger partial charge in [0, 0.05) is 16.0 Å². The highest BCUT2D eigenvalue weighted by Gasteiger charge is 2.06. The minimum Gasteiger partial charge on any atom is -0.307 e. The highest BCUT2D eigenvalue weighted by atomic mass is 79.9. The van der Waals surface area contributed by atoms with E-state index in [4.69, 9.17) is 5.26 Å². The summed E-state index contributed by atoms with van der Waals surface area (Å²) >= 11 is 6.93. The highest BCUT2D eigenvalue weighted by Crippen LogP contribution is 2.24. The van der Waals surface area contributed by atoms with Gasteiger partial charge >= 0.3 is 0 Å². The Morgan fingerprint density at radius 2 is 2.12 bits per heavy atom. The Labute approximate surface area is 111 Å². The summed E-state index contributed by atoms with van der Waals surface area (Å²) in [5.74, 6) is 0. The average molecular weight is 340 g/mol. The molecule has 0 aliphatic rings. The molecule has 2 nitrogen and oxygen atoms in total. The van der Waals surface area contributed by atoms with Crippen LogP contribution in [0.2, 0.25) is 0 Å². The molecule has 0 bridgehead atoms. The summed E-state index contributed by atoms with van der Waals surface area (Å²) in [4.78, 5) is 0. The van der Waals surface area contributed by atoms with E-state index in [1.807, 2.05) is 35.0 Å². The van der Waals surface area contributed by atoms with Gasteiger partial charge in [-0.2, -0.15) is 5.26 Å².